The summed E-state index contributed by atoms with van der Waals surface area (Å²) in [5, 5.41) is 0. The van der Waals surface area contributed by atoms with Gasteiger partial charge in [0, 0.05) is 0 Å². The average Bonchev–Trinajstić information content (AvgIpc) is 2.50. The number of imide groups is 1. The van der Waals surface area contributed by atoms with Crippen molar-refractivity contribution in [3.8, 4) is 0 Å². The van der Waals surface area contributed by atoms with Crippen LogP contribution in [-0.2, 0) is 16.0 Å². The number of rotatable bonds is 0. The standard InChI is InChI=1S/C14H17NO3/c1-9-5-6-10-8-12(16)15(11(10)7-9)13(17)18-14(2,3)4/h5-7H,8H2,1-4H3. The maximum Gasteiger partial charge on any atom is 0.421 e. The van der Waals surface area contributed by atoms with Gasteiger partial charge in [-0.2, -0.15) is 0 Å². The fourth-order valence-corrected chi connectivity index (χ4v) is 1.92. The first-order chi connectivity index (χ1) is 8.28. The van der Waals surface area contributed by atoms with Gasteiger partial charge in [-0.25, -0.2) is 9.69 Å². The second kappa shape index (κ2) is 4.12. The maximum atomic E-state index is 12.0. The maximum absolute atomic E-state index is 12.0. The number of carbonyl (C=O) groups excluding carboxylic acids is 2. The van der Waals surface area contributed by atoms with Crippen LogP contribution < -0.4 is 4.90 Å². The molecule has 18 heavy (non-hydrogen) atoms. The van der Waals surface area contributed by atoms with Crippen molar-refractivity contribution in [1.82, 2.24) is 0 Å². The van der Waals surface area contributed by atoms with E-state index < -0.39 is 11.7 Å². The zero-order chi connectivity index (χ0) is 13.5. The van der Waals surface area contributed by atoms with Gasteiger partial charge in [0.15, 0.2) is 0 Å². The minimum absolute atomic E-state index is 0.232. The molecule has 0 spiro atoms. The van der Waals surface area contributed by atoms with E-state index in [1.807, 2.05) is 25.1 Å². The highest BCUT2D eigenvalue weighted by Gasteiger charge is 2.35. The molecule has 0 N–H and O–H groups in total. The Labute approximate surface area is 107 Å². The molecule has 4 nitrogen and oxygen atoms in total. The molecular weight excluding hydrogens is 230 g/mol. The summed E-state index contributed by atoms with van der Waals surface area (Å²) >= 11 is 0. The summed E-state index contributed by atoms with van der Waals surface area (Å²) in [7, 11) is 0. The largest absolute Gasteiger partial charge is 0.443 e. The molecule has 96 valence electrons. The lowest BCUT2D eigenvalue weighted by atomic mass is 10.1. The highest BCUT2D eigenvalue weighted by Crippen LogP contribution is 2.31. The Morgan fingerprint density at radius 3 is 2.61 bits per heavy atom. The Morgan fingerprint density at radius 2 is 2.00 bits per heavy atom. The Hall–Kier alpha value is -1.84. The van der Waals surface area contributed by atoms with Crippen LogP contribution in [0.2, 0.25) is 0 Å². The zero-order valence-electron chi connectivity index (χ0n) is 11.1. The molecule has 0 saturated carbocycles. The first-order valence-electron chi connectivity index (χ1n) is 5.93. The predicted molar refractivity (Wildman–Crippen MR) is 68.6 cm³/mol. The van der Waals surface area contributed by atoms with Crippen LogP contribution in [0.3, 0.4) is 0 Å². The molecule has 0 aliphatic carbocycles. The lowest BCUT2D eigenvalue weighted by molar-refractivity contribution is -0.117. The van der Waals surface area contributed by atoms with Crippen LogP contribution in [0.15, 0.2) is 18.2 Å². The van der Waals surface area contributed by atoms with Crippen molar-refractivity contribution in [3.63, 3.8) is 0 Å². The van der Waals surface area contributed by atoms with Gasteiger partial charge in [-0.1, -0.05) is 12.1 Å². The smallest absolute Gasteiger partial charge is 0.421 e. The Morgan fingerprint density at radius 1 is 1.33 bits per heavy atom. The zero-order valence-corrected chi connectivity index (χ0v) is 11.1. The van der Waals surface area contributed by atoms with Crippen molar-refractivity contribution in [2.45, 2.75) is 39.7 Å². The van der Waals surface area contributed by atoms with Gasteiger partial charge in [0.2, 0.25) is 5.91 Å². The fraction of sp³-hybridized carbons (Fsp3) is 0.429. The summed E-state index contributed by atoms with van der Waals surface area (Å²) in [6.45, 7) is 7.27. The van der Waals surface area contributed by atoms with Gasteiger partial charge < -0.3 is 4.74 Å². The lowest BCUT2D eigenvalue weighted by Crippen LogP contribution is -2.38. The molecule has 0 fully saturated rings. The van der Waals surface area contributed by atoms with Crippen molar-refractivity contribution in [3.05, 3.63) is 29.3 Å². The minimum Gasteiger partial charge on any atom is -0.443 e. The van der Waals surface area contributed by atoms with Gasteiger partial charge >= 0.3 is 6.09 Å². The van der Waals surface area contributed by atoms with E-state index in [-0.39, 0.29) is 12.3 Å². The van der Waals surface area contributed by atoms with Crippen LogP contribution in [0.1, 0.15) is 31.9 Å². The number of anilines is 1. The van der Waals surface area contributed by atoms with Gasteiger partial charge in [-0.3, -0.25) is 4.79 Å². The third-order valence-electron chi connectivity index (χ3n) is 2.65. The summed E-state index contributed by atoms with van der Waals surface area (Å²) in [6, 6.07) is 5.65. The Bertz CT molecular complexity index is 514. The second-order valence-electron chi connectivity index (χ2n) is 5.52. The molecule has 0 unspecified atom stereocenters. The molecule has 0 aromatic heterocycles. The van der Waals surface area contributed by atoms with Crippen LogP contribution in [-0.4, -0.2) is 17.6 Å². The summed E-state index contributed by atoms with van der Waals surface area (Å²) < 4.78 is 5.25. The molecule has 1 aromatic carbocycles. The first kappa shape index (κ1) is 12.6. The summed E-state index contributed by atoms with van der Waals surface area (Å²) in [5.74, 6) is -0.232. The van der Waals surface area contributed by atoms with Gasteiger partial charge in [-0.05, 0) is 44.9 Å². The molecule has 2 rings (SSSR count). The molecule has 1 aliphatic heterocycles. The molecule has 0 radical (unpaired) electrons. The van der Waals surface area contributed by atoms with E-state index >= 15 is 0 Å². The van der Waals surface area contributed by atoms with Crippen LogP contribution in [0.4, 0.5) is 10.5 Å². The lowest BCUT2D eigenvalue weighted by Gasteiger charge is -2.23. The van der Waals surface area contributed by atoms with Crippen molar-refractivity contribution in [2.24, 2.45) is 0 Å². The third kappa shape index (κ3) is 2.37. The first-order valence-corrected chi connectivity index (χ1v) is 5.93. The quantitative estimate of drug-likeness (QED) is 0.708. The molecular formula is C14H17NO3. The van der Waals surface area contributed by atoms with E-state index in [9.17, 15) is 9.59 Å². The Kier molecular flexibility index (Phi) is 2.89. The number of hydrogen-bond donors (Lipinski definition) is 0. The fourth-order valence-electron chi connectivity index (χ4n) is 1.92. The van der Waals surface area contributed by atoms with Crippen molar-refractivity contribution in [1.29, 1.82) is 0 Å². The number of amides is 2. The molecule has 1 heterocycles. The molecule has 0 saturated heterocycles. The number of carbonyl (C=O) groups is 2. The molecule has 2 amide bonds. The highest BCUT2D eigenvalue weighted by atomic mass is 16.6. The molecule has 0 bridgehead atoms. The predicted octanol–water partition coefficient (Wildman–Crippen LogP) is 2.82. The van der Waals surface area contributed by atoms with E-state index in [1.54, 1.807) is 20.8 Å². The van der Waals surface area contributed by atoms with Crippen molar-refractivity contribution in [2.75, 3.05) is 4.90 Å². The van der Waals surface area contributed by atoms with Crippen LogP contribution in [0.25, 0.3) is 0 Å². The van der Waals surface area contributed by atoms with Crippen molar-refractivity contribution >= 4 is 17.7 Å². The normalized spacial score (nSPS) is 14.7. The molecule has 1 aliphatic rings. The minimum atomic E-state index is -0.607. The topological polar surface area (TPSA) is 46.6 Å². The number of hydrogen-bond acceptors (Lipinski definition) is 3. The molecule has 4 heteroatoms. The Balaban J connectivity index is 2.33. The van der Waals surface area contributed by atoms with E-state index in [1.165, 1.54) is 0 Å². The SMILES string of the molecule is Cc1ccc2c(c1)N(C(=O)OC(C)(C)C)C(=O)C2. The van der Waals surface area contributed by atoms with Crippen LogP contribution >= 0.6 is 0 Å². The number of nitrogens with zero attached hydrogens (tertiary/aromatic N) is 1. The average molecular weight is 247 g/mol. The number of aryl methyl sites for hydroxylation is 1. The van der Waals surface area contributed by atoms with Crippen molar-refractivity contribution < 1.29 is 14.3 Å². The number of ether oxygens (including phenoxy) is 1. The monoisotopic (exact) mass is 247 g/mol. The van der Waals surface area contributed by atoms with Gasteiger partial charge in [0.05, 0.1) is 12.1 Å². The number of benzene rings is 1. The second-order valence-corrected chi connectivity index (χ2v) is 5.52. The number of fused-ring (bicyclic) bond motifs is 1. The van der Waals surface area contributed by atoms with E-state index in [2.05, 4.69) is 0 Å². The molecule has 0 atom stereocenters. The summed E-state index contributed by atoms with van der Waals surface area (Å²) in [6.07, 6.45) is -0.341. The summed E-state index contributed by atoms with van der Waals surface area (Å²) in [5.41, 5.74) is 1.92. The van der Waals surface area contributed by atoms with E-state index in [4.69, 9.17) is 4.74 Å². The van der Waals surface area contributed by atoms with E-state index in [0.717, 1.165) is 16.0 Å². The third-order valence-corrected chi connectivity index (χ3v) is 2.65. The molecule has 1 aromatic rings. The van der Waals surface area contributed by atoms with E-state index in [0.29, 0.717) is 5.69 Å². The van der Waals surface area contributed by atoms with Gasteiger partial charge in [0.25, 0.3) is 0 Å². The summed E-state index contributed by atoms with van der Waals surface area (Å²) in [4.78, 5) is 25.1. The van der Waals surface area contributed by atoms with Gasteiger partial charge in [0.1, 0.15) is 5.60 Å². The van der Waals surface area contributed by atoms with Crippen LogP contribution in [0.5, 0.6) is 0 Å². The van der Waals surface area contributed by atoms with Gasteiger partial charge in [-0.15, -0.1) is 0 Å². The van der Waals surface area contributed by atoms with Crippen LogP contribution in [0, 0.1) is 6.92 Å². The highest BCUT2D eigenvalue weighted by molar-refractivity contribution is 6.17.